The van der Waals surface area contributed by atoms with E-state index in [0.717, 1.165) is 5.56 Å². The highest BCUT2D eigenvalue weighted by atomic mass is 16.5. The molecule has 0 aromatic heterocycles. The number of hydrogen-bond donors (Lipinski definition) is 1. The maximum atomic E-state index is 11.5. The SMILES string of the molecule is CC(C)c1cccc(OC2(C(=O)O)CCOCC2)c1. The summed E-state index contributed by atoms with van der Waals surface area (Å²) in [6.07, 6.45) is 0.766. The molecule has 0 aliphatic carbocycles. The summed E-state index contributed by atoms with van der Waals surface area (Å²) in [4.78, 5) is 11.5. The molecule has 0 amide bonds. The lowest BCUT2D eigenvalue weighted by molar-refractivity contribution is -0.163. The highest BCUT2D eigenvalue weighted by molar-refractivity contribution is 5.78. The summed E-state index contributed by atoms with van der Waals surface area (Å²) < 4.78 is 11.0. The second-order valence-corrected chi connectivity index (χ2v) is 5.24. The fourth-order valence-electron chi connectivity index (χ4n) is 2.22. The molecule has 4 heteroatoms. The predicted octanol–water partition coefficient (Wildman–Crippen LogP) is 2.82. The Bertz CT molecular complexity index is 447. The number of rotatable bonds is 4. The standard InChI is InChI=1S/C15H20O4/c1-11(2)12-4-3-5-13(10-12)19-15(14(16)17)6-8-18-9-7-15/h3-5,10-11H,6-9H2,1-2H3,(H,16,17). The summed E-state index contributed by atoms with van der Waals surface area (Å²) in [5.41, 5.74) is -0.00138. The Hall–Kier alpha value is -1.55. The van der Waals surface area contributed by atoms with Gasteiger partial charge in [-0.15, -0.1) is 0 Å². The van der Waals surface area contributed by atoms with Gasteiger partial charge >= 0.3 is 5.97 Å². The minimum absolute atomic E-state index is 0.383. The van der Waals surface area contributed by atoms with Crippen molar-refractivity contribution in [1.29, 1.82) is 0 Å². The van der Waals surface area contributed by atoms with E-state index in [1.807, 2.05) is 24.3 Å². The lowest BCUT2D eigenvalue weighted by Gasteiger charge is -2.33. The van der Waals surface area contributed by atoms with Gasteiger partial charge in [0.05, 0.1) is 13.2 Å². The van der Waals surface area contributed by atoms with Crippen molar-refractivity contribution in [2.75, 3.05) is 13.2 Å². The van der Waals surface area contributed by atoms with E-state index >= 15 is 0 Å². The molecule has 4 nitrogen and oxygen atoms in total. The van der Waals surface area contributed by atoms with E-state index in [2.05, 4.69) is 13.8 Å². The Morgan fingerprint density at radius 1 is 1.37 bits per heavy atom. The fraction of sp³-hybridized carbons (Fsp3) is 0.533. The number of carboxylic acids is 1. The Kier molecular flexibility index (Phi) is 4.10. The van der Waals surface area contributed by atoms with Crippen LogP contribution in [0.5, 0.6) is 5.75 Å². The van der Waals surface area contributed by atoms with Gasteiger partial charge in [-0.3, -0.25) is 0 Å². The normalized spacial score (nSPS) is 18.3. The fourth-order valence-corrected chi connectivity index (χ4v) is 2.22. The first-order chi connectivity index (χ1) is 9.03. The first-order valence-corrected chi connectivity index (χ1v) is 6.64. The van der Waals surface area contributed by atoms with Crippen LogP contribution in [0.3, 0.4) is 0 Å². The van der Waals surface area contributed by atoms with Gasteiger partial charge in [-0.2, -0.15) is 0 Å². The molecular weight excluding hydrogens is 244 g/mol. The smallest absolute Gasteiger partial charge is 0.348 e. The van der Waals surface area contributed by atoms with Crippen LogP contribution >= 0.6 is 0 Å². The molecule has 2 rings (SSSR count). The maximum Gasteiger partial charge on any atom is 0.348 e. The topological polar surface area (TPSA) is 55.8 Å². The largest absolute Gasteiger partial charge is 0.478 e. The Morgan fingerprint density at radius 3 is 2.63 bits per heavy atom. The van der Waals surface area contributed by atoms with E-state index < -0.39 is 11.6 Å². The second-order valence-electron chi connectivity index (χ2n) is 5.24. The lowest BCUT2D eigenvalue weighted by atomic mass is 9.94. The minimum atomic E-state index is -1.14. The monoisotopic (exact) mass is 264 g/mol. The average molecular weight is 264 g/mol. The molecule has 0 radical (unpaired) electrons. The summed E-state index contributed by atoms with van der Waals surface area (Å²) in [6.45, 7) is 5.05. The van der Waals surface area contributed by atoms with E-state index in [-0.39, 0.29) is 0 Å². The minimum Gasteiger partial charge on any atom is -0.478 e. The van der Waals surface area contributed by atoms with Gasteiger partial charge < -0.3 is 14.6 Å². The number of carbonyl (C=O) groups is 1. The van der Waals surface area contributed by atoms with Crippen molar-refractivity contribution in [3.63, 3.8) is 0 Å². The molecule has 104 valence electrons. The van der Waals surface area contributed by atoms with Gasteiger partial charge in [0.25, 0.3) is 0 Å². The van der Waals surface area contributed by atoms with Gasteiger partial charge in [0.15, 0.2) is 0 Å². The zero-order valence-corrected chi connectivity index (χ0v) is 11.4. The third kappa shape index (κ3) is 3.07. The summed E-state index contributed by atoms with van der Waals surface area (Å²) in [7, 11) is 0. The number of aliphatic carboxylic acids is 1. The van der Waals surface area contributed by atoms with Crippen LogP contribution in [0.4, 0.5) is 0 Å². The van der Waals surface area contributed by atoms with Crippen LogP contribution in [-0.4, -0.2) is 29.9 Å². The molecule has 1 fully saturated rings. The van der Waals surface area contributed by atoms with E-state index in [0.29, 0.717) is 37.7 Å². The van der Waals surface area contributed by atoms with E-state index in [1.165, 1.54) is 0 Å². The van der Waals surface area contributed by atoms with E-state index in [4.69, 9.17) is 9.47 Å². The first kappa shape index (κ1) is 13.9. The molecule has 1 aliphatic rings. The zero-order valence-electron chi connectivity index (χ0n) is 11.4. The number of ether oxygens (including phenoxy) is 2. The third-order valence-electron chi connectivity index (χ3n) is 3.53. The highest BCUT2D eigenvalue weighted by Crippen LogP contribution is 2.30. The van der Waals surface area contributed by atoms with Crippen LogP contribution in [0, 0.1) is 0 Å². The Balaban J connectivity index is 2.22. The molecule has 1 aromatic rings. The van der Waals surface area contributed by atoms with Crippen LogP contribution in [0.2, 0.25) is 0 Å². The number of benzene rings is 1. The maximum absolute atomic E-state index is 11.5. The molecule has 1 saturated heterocycles. The molecule has 1 heterocycles. The molecule has 1 N–H and O–H groups in total. The average Bonchev–Trinajstić information content (AvgIpc) is 2.40. The van der Waals surface area contributed by atoms with Crippen molar-refractivity contribution in [1.82, 2.24) is 0 Å². The van der Waals surface area contributed by atoms with Crippen LogP contribution in [0.25, 0.3) is 0 Å². The third-order valence-corrected chi connectivity index (χ3v) is 3.53. The number of hydrogen-bond acceptors (Lipinski definition) is 3. The molecule has 19 heavy (non-hydrogen) atoms. The number of carboxylic acid groups (broad SMARTS) is 1. The highest BCUT2D eigenvalue weighted by Gasteiger charge is 2.42. The van der Waals surface area contributed by atoms with Crippen LogP contribution in [0.1, 0.15) is 38.2 Å². The molecular formula is C15H20O4. The summed E-state index contributed by atoms with van der Waals surface area (Å²) in [5.74, 6) is 0.0975. The molecule has 0 bridgehead atoms. The summed E-state index contributed by atoms with van der Waals surface area (Å²) >= 11 is 0. The van der Waals surface area contributed by atoms with Gasteiger partial charge in [0.2, 0.25) is 5.60 Å². The molecule has 1 aromatic carbocycles. The van der Waals surface area contributed by atoms with Crippen molar-refractivity contribution in [3.05, 3.63) is 29.8 Å². The quantitative estimate of drug-likeness (QED) is 0.908. The molecule has 0 spiro atoms. The summed E-state index contributed by atoms with van der Waals surface area (Å²) in [5, 5.41) is 9.45. The Labute approximate surface area is 113 Å². The Morgan fingerprint density at radius 2 is 2.05 bits per heavy atom. The van der Waals surface area contributed by atoms with Crippen molar-refractivity contribution in [2.45, 2.75) is 38.2 Å². The predicted molar refractivity (Wildman–Crippen MR) is 71.6 cm³/mol. The molecule has 0 atom stereocenters. The zero-order chi connectivity index (χ0) is 13.9. The first-order valence-electron chi connectivity index (χ1n) is 6.64. The summed E-state index contributed by atoms with van der Waals surface area (Å²) in [6, 6.07) is 7.66. The van der Waals surface area contributed by atoms with Crippen LogP contribution in [0.15, 0.2) is 24.3 Å². The van der Waals surface area contributed by atoms with Gasteiger partial charge in [0, 0.05) is 12.8 Å². The van der Waals surface area contributed by atoms with Gasteiger partial charge in [0.1, 0.15) is 5.75 Å². The molecule has 0 saturated carbocycles. The van der Waals surface area contributed by atoms with Crippen molar-refractivity contribution in [3.8, 4) is 5.75 Å². The van der Waals surface area contributed by atoms with E-state index in [1.54, 1.807) is 0 Å². The van der Waals surface area contributed by atoms with Crippen LogP contribution < -0.4 is 4.74 Å². The molecule has 0 unspecified atom stereocenters. The van der Waals surface area contributed by atoms with Crippen molar-refractivity contribution < 1.29 is 19.4 Å². The van der Waals surface area contributed by atoms with Gasteiger partial charge in [-0.05, 0) is 23.6 Å². The van der Waals surface area contributed by atoms with Gasteiger partial charge in [-0.25, -0.2) is 4.79 Å². The lowest BCUT2D eigenvalue weighted by Crippen LogP contribution is -2.49. The van der Waals surface area contributed by atoms with E-state index in [9.17, 15) is 9.90 Å². The van der Waals surface area contributed by atoms with Crippen molar-refractivity contribution >= 4 is 5.97 Å². The molecule has 1 aliphatic heterocycles. The van der Waals surface area contributed by atoms with Crippen LogP contribution in [-0.2, 0) is 9.53 Å². The van der Waals surface area contributed by atoms with Crippen molar-refractivity contribution in [2.24, 2.45) is 0 Å². The van der Waals surface area contributed by atoms with Gasteiger partial charge in [-0.1, -0.05) is 26.0 Å². The second kappa shape index (κ2) is 5.61.